The van der Waals surface area contributed by atoms with Crippen LogP contribution in [0.2, 0.25) is 0 Å². The summed E-state index contributed by atoms with van der Waals surface area (Å²) in [5, 5.41) is 6.70. The fraction of sp³-hybridized carbons (Fsp3) is 0. The number of pyridine rings is 1. The van der Waals surface area contributed by atoms with E-state index in [1.54, 1.807) is 6.20 Å². The molecule has 2 heterocycles. The molecule has 5 nitrogen and oxygen atoms in total. The number of H-pyrrole nitrogens is 1. The largest absolute Gasteiger partial charge is 0.346 e. The highest BCUT2D eigenvalue weighted by atomic mass is 16.2. The average molecular weight is 328 g/mol. The molecule has 0 spiro atoms. The molecule has 122 valence electrons. The third-order valence-electron chi connectivity index (χ3n) is 3.95. The Labute approximate surface area is 144 Å². The highest BCUT2D eigenvalue weighted by molar-refractivity contribution is 6.00. The van der Waals surface area contributed by atoms with E-state index in [0.29, 0.717) is 0 Å². The molecule has 25 heavy (non-hydrogen) atoms. The molecule has 0 aliphatic heterocycles. The van der Waals surface area contributed by atoms with Crippen LogP contribution in [0.1, 0.15) is 0 Å². The molecular weight excluding hydrogens is 312 g/mol. The van der Waals surface area contributed by atoms with Crippen LogP contribution in [-0.4, -0.2) is 16.0 Å². The fourth-order valence-corrected chi connectivity index (χ4v) is 2.76. The third kappa shape index (κ3) is 3.21. The quantitative estimate of drug-likeness (QED) is 0.502. The standard InChI is InChI=1S/C20H16N4O/c25-20(23-15-4-2-1-3-5-15)24-16-8-6-14(7-9-16)17-10-12-21-19-18(17)11-13-22-19/h1-13H,(H,21,22)(H2,23,24,25). The summed E-state index contributed by atoms with van der Waals surface area (Å²) in [6.45, 7) is 0. The van der Waals surface area contributed by atoms with Crippen molar-refractivity contribution in [1.82, 2.24) is 9.97 Å². The normalized spacial score (nSPS) is 10.6. The second-order valence-electron chi connectivity index (χ2n) is 5.62. The van der Waals surface area contributed by atoms with Crippen LogP contribution in [0.3, 0.4) is 0 Å². The molecule has 4 rings (SSSR count). The van der Waals surface area contributed by atoms with Crippen molar-refractivity contribution in [2.75, 3.05) is 10.6 Å². The van der Waals surface area contributed by atoms with Crippen LogP contribution in [0.5, 0.6) is 0 Å². The minimum atomic E-state index is -0.268. The predicted molar refractivity (Wildman–Crippen MR) is 101 cm³/mol. The highest BCUT2D eigenvalue weighted by Gasteiger charge is 2.06. The first-order valence-corrected chi connectivity index (χ1v) is 7.95. The van der Waals surface area contributed by atoms with Gasteiger partial charge in [0.2, 0.25) is 0 Å². The molecule has 3 N–H and O–H groups in total. The van der Waals surface area contributed by atoms with Gasteiger partial charge in [0, 0.05) is 29.2 Å². The molecule has 0 radical (unpaired) electrons. The van der Waals surface area contributed by atoms with Crippen LogP contribution in [0, 0.1) is 0 Å². The Bertz CT molecular complexity index is 1010. The minimum absolute atomic E-state index is 0.268. The molecule has 2 aromatic heterocycles. The number of aromatic amines is 1. The van der Waals surface area contributed by atoms with Crippen LogP contribution in [-0.2, 0) is 0 Å². The van der Waals surface area contributed by atoms with Crippen molar-refractivity contribution in [1.29, 1.82) is 0 Å². The van der Waals surface area contributed by atoms with Gasteiger partial charge < -0.3 is 15.6 Å². The predicted octanol–water partition coefficient (Wildman–Crippen LogP) is 4.87. The third-order valence-corrected chi connectivity index (χ3v) is 3.95. The molecule has 0 bridgehead atoms. The number of amides is 2. The number of para-hydroxylation sites is 1. The number of benzene rings is 2. The zero-order valence-electron chi connectivity index (χ0n) is 13.4. The number of urea groups is 1. The van der Waals surface area contributed by atoms with Crippen molar-refractivity contribution in [2.24, 2.45) is 0 Å². The van der Waals surface area contributed by atoms with Gasteiger partial charge in [-0.05, 0) is 47.5 Å². The lowest BCUT2D eigenvalue weighted by atomic mass is 10.0. The molecule has 0 aliphatic carbocycles. The zero-order chi connectivity index (χ0) is 17.1. The number of hydrogen-bond donors (Lipinski definition) is 3. The number of nitrogens with one attached hydrogen (secondary N) is 3. The minimum Gasteiger partial charge on any atom is -0.346 e. The first-order valence-electron chi connectivity index (χ1n) is 7.95. The van der Waals surface area contributed by atoms with Crippen LogP contribution in [0.25, 0.3) is 22.2 Å². The van der Waals surface area contributed by atoms with E-state index in [1.807, 2.05) is 72.9 Å². The molecule has 0 saturated heterocycles. The maximum Gasteiger partial charge on any atom is 0.323 e. The Morgan fingerprint density at radius 1 is 0.840 bits per heavy atom. The lowest BCUT2D eigenvalue weighted by molar-refractivity contribution is 0.262. The van der Waals surface area contributed by atoms with Crippen molar-refractivity contribution in [3.63, 3.8) is 0 Å². The topological polar surface area (TPSA) is 69.8 Å². The number of carbonyl (C=O) groups excluding carboxylic acids is 1. The first-order chi connectivity index (χ1) is 12.3. The van der Waals surface area contributed by atoms with Gasteiger partial charge in [-0.3, -0.25) is 0 Å². The Balaban J connectivity index is 1.50. The first kappa shape index (κ1) is 15.0. The number of nitrogens with zero attached hydrogens (tertiary/aromatic N) is 1. The lowest BCUT2D eigenvalue weighted by Gasteiger charge is -2.09. The Kier molecular flexibility index (Phi) is 3.88. The summed E-state index contributed by atoms with van der Waals surface area (Å²) in [5.74, 6) is 0. The van der Waals surface area contributed by atoms with E-state index in [4.69, 9.17) is 0 Å². The van der Waals surface area contributed by atoms with E-state index in [9.17, 15) is 4.79 Å². The summed E-state index contributed by atoms with van der Waals surface area (Å²) in [6.07, 6.45) is 3.67. The number of anilines is 2. The molecule has 2 amide bonds. The number of aromatic nitrogens is 2. The molecule has 0 saturated carbocycles. The van der Waals surface area contributed by atoms with Crippen LogP contribution in [0.4, 0.5) is 16.2 Å². The summed E-state index contributed by atoms with van der Waals surface area (Å²) in [4.78, 5) is 19.5. The summed E-state index contributed by atoms with van der Waals surface area (Å²) in [7, 11) is 0. The van der Waals surface area contributed by atoms with Crippen molar-refractivity contribution in [3.05, 3.63) is 79.1 Å². The van der Waals surface area contributed by atoms with Crippen molar-refractivity contribution >= 4 is 28.4 Å². The Morgan fingerprint density at radius 2 is 1.56 bits per heavy atom. The van der Waals surface area contributed by atoms with Crippen LogP contribution < -0.4 is 10.6 Å². The molecule has 0 atom stereocenters. The van der Waals surface area contributed by atoms with Gasteiger partial charge in [-0.2, -0.15) is 0 Å². The number of fused-ring (bicyclic) bond motifs is 1. The van der Waals surface area contributed by atoms with Gasteiger partial charge in [0.1, 0.15) is 5.65 Å². The summed E-state index contributed by atoms with van der Waals surface area (Å²) in [6, 6.07) is 20.8. The second-order valence-corrected chi connectivity index (χ2v) is 5.62. The van der Waals surface area contributed by atoms with Crippen molar-refractivity contribution in [2.45, 2.75) is 0 Å². The number of hydrogen-bond acceptors (Lipinski definition) is 2. The van der Waals surface area contributed by atoms with Crippen molar-refractivity contribution in [3.8, 4) is 11.1 Å². The monoisotopic (exact) mass is 328 g/mol. The average Bonchev–Trinajstić information content (AvgIpc) is 3.12. The summed E-state index contributed by atoms with van der Waals surface area (Å²) < 4.78 is 0. The SMILES string of the molecule is O=C(Nc1ccccc1)Nc1ccc(-c2ccnc3[nH]ccc23)cc1. The van der Waals surface area contributed by atoms with Gasteiger partial charge in [-0.25, -0.2) is 9.78 Å². The number of carbonyl (C=O) groups is 1. The fourth-order valence-electron chi connectivity index (χ4n) is 2.76. The molecule has 0 fully saturated rings. The van der Waals surface area contributed by atoms with Gasteiger partial charge >= 0.3 is 6.03 Å². The van der Waals surface area contributed by atoms with E-state index in [-0.39, 0.29) is 6.03 Å². The molecule has 5 heteroatoms. The molecule has 0 unspecified atom stereocenters. The molecule has 4 aromatic rings. The second kappa shape index (κ2) is 6.49. The Morgan fingerprint density at radius 3 is 2.32 bits per heavy atom. The maximum atomic E-state index is 12.0. The van der Waals surface area contributed by atoms with E-state index in [1.165, 1.54) is 0 Å². The summed E-state index contributed by atoms with van der Waals surface area (Å²) in [5.41, 5.74) is 4.52. The Hall–Kier alpha value is -3.60. The van der Waals surface area contributed by atoms with Gasteiger partial charge in [-0.15, -0.1) is 0 Å². The van der Waals surface area contributed by atoms with Crippen molar-refractivity contribution < 1.29 is 4.79 Å². The molecule has 2 aromatic carbocycles. The van der Waals surface area contributed by atoms with E-state index < -0.39 is 0 Å². The smallest absolute Gasteiger partial charge is 0.323 e. The van der Waals surface area contributed by atoms with Gasteiger partial charge in [0.05, 0.1) is 0 Å². The van der Waals surface area contributed by atoms with Gasteiger partial charge in [0.25, 0.3) is 0 Å². The lowest BCUT2D eigenvalue weighted by Crippen LogP contribution is -2.19. The van der Waals surface area contributed by atoms with Crippen LogP contribution >= 0.6 is 0 Å². The highest BCUT2D eigenvalue weighted by Crippen LogP contribution is 2.27. The van der Waals surface area contributed by atoms with E-state index >= 15 is 0 Å². The zero-order valence-corrected chi connectivity index (χ0v) is 13.4. The van der Waals surface area contributed by atoms with E-state index in [0.717, 1.165) is 33.5 Å². The molecular formula is C20H16N4O. The van der Waals surface area contributed by atoms with Crippen LogP contribution in [0.15, 0.2) is 79.1 Å². The van der Waals surface area contributed by atoms with Gasteiger partial charge in [-0.1, -0.05) is 30.3 Å². The van der Waals surface area contributed by atoms with E-state index in [2.05, 4.69) is 20.6 Å². The number of rotatable bonds is 3. The van der Waals surface area contributed by atoms with Gasteiger partial charge in [0.15, 0.2) is 0 Å². The summed E-state index contributed by atoms with van der Waals surface area (Å²) >= 11 is 0. The maximum absolute atomic E-state index is 12.0. The molecule has 0 aliphatic rings.